The second kappa shape index (κ2) is 7.37. The number of ether oxygens (including phenoxy) is 1. The number of benzene rings is 1. The number of halogens is 1. The first-order valence-electron chi connectivity index (χ1n) is 6.62. The lowest BCUT2D eigenvalue weighted by Gasteiger charge is -2.10. The number of carbonyl (C=O) groups excluding carboxylic acids is 1. The van der Waals surface area contributed by atoms with Crippen molar-refractivity contribution in [1.29, 1.82) is 0 Å². The standard InChI is InChI=1S/C13H16ClN5O2S/c1-2-3-4-21-12(20)8-5-9(14)11(10(15)6-8)22-13-18-17-7-19(13)16/h5-7H,2-4,15-16H2,1H3. The summed E-state index contributed by atoms with van der Waals surface area (Å²) in [6.45, 7) is 2.39. The number of hydrogen-bond donors (Lipinski definition) is 2. The molecule has 0 atom stereocenters. The Kier molecular flexibility index (Phi) is 5.51. The maximum Gasteiger partial charge on any atom is 0.338 e. The van der Waals surface area contributed by atoms with Crippen molar-refractivity contribution in [2.75, 3.05) is 18.2 Å². The number of rotatable bonds is 6. The van der Waals surface area contributed by atoms with Gasteiger partial charge in [0, 0.05) is 5.69 Å². The van der Waals surface area contributed by atoms with Gasteiger partial charge >= 0.3 is 5.97 Å². The smallest absolute Gasteiger partial charge is 0.338 e. The van der Waals surface area contributed by atoms with Gasteiger partial charge in [-0.25, -0.2) is 9.47 Å². The lowest BCUT2D eigenvalue weighted by Crippen LogP contribution is -2.09. The Balaban J connectivity index is 2.18. The Morgan fingerprint density at radius 2 is 2.27 bits per heavy atom. The average molecular weight is 342 g/mol. The highest BCUT2D eigenvalue weighted by Crippen LogP contribution is 2.37. The van der Waals surface area contributed by atoms with E-state index in [0.717, 1.165) is 12.8 Å². The molecule has 22 heavy (non-hydrogen) atoms. The summed E-state index contributed by atoms with van der Waals surface area (Å²) in [6, 6.07) is 3.05. The molecule has 0 radical (unpaired) electrons. The molecule has 0 amide bonds. The molecule has 0 unspecified atom stereocenters. The van der Waals surface area contributed by atoms with Gasteiger partial charge in [-0.3, -0.25) is 0 Å². The summed E-state index contributed by atoms with van der Waals surface area (Å²) in [5, 5.41) is 8.29. The first-order chi connectivity index (χ1) is 10.5. The highest BCUT2D eigenvalue weighted by atomic mass is 35.5. The largest absolute Gasteiger partial charge is 0.462 e. The number of anilines is 1. The normalized spacial score (nSPS) is 10.6. The second-order valence-corrected chi connectivity index (χ2v) is 5.87. The lowest BCUT2D eigenvalue weighted by atomic mass is 10.2. The third kappa shape index (κ3) is 3.83. The molecule has 0 saturated carbocycles. The predicted molar refractivity (Wildman–Crippen MR) is 85.4 cm³/mol. The summed E-state index contributed by atoms with van der Waals surface area (Å²) in [5.74, 6) is 5.20. The number of nitrogen functional groups attached to an aromatic ring is 2. The number of esters is 1. The summed E-state index contributed by atoms with van der Waals surface area (Å²) < 4.78 is 6.39. The minimum atomic E-state index is -0.444. The van der Waals surface area contributed by atoms with Gasteiger partial charge in [-0.2, -0.15) is 0 Å². The molecule has 7 nitrogen and oxygen atoms in total. The molecule has 0 saturated heterocycles. The predicted octanol–water partition coefficient (Wildman–Crippen LogP) is 2.34. The first-order valence-corrected chi connectivity index (χ1v) is 7.81. The fourth-order valence-corrected chi connectivity index (χ4v) is 2.73. The third-order valence-electron chi connectivity index (χ3n) is 2.77. The molecule has 0 aliphatic heterocycles. The zero-order valence-electron chi connectivity index (χ0n) is 12.0. The third-order valence-corrected chi connectivity index (χ3v) is 4.32. The van der Waals surface area contributed by atoms with Crippen molar-refractivity contribution in [1.82, 2.24) is 14.9 Å². The van der Waals surface area contributed by atoms with Gasteiger partial charge in [-0.1, -0.05) is 24.9 Å². The van der Waals surface area contributed by atoms with Crippen LogP contribution < -0.4 is 11.6 Å². The van der Waals surface area contributed by atoms with E-state index in [9.17, 15) is 4.79 Å². The number of nitrogens with two attached hydrogens (primary N) is 2. The second-order valence-electron chi connectivity index (χ2n) is 4.49. The van der Waals surface area contributed by atoms with Gasteiger partial charge in [-0.15, -0.1) is 10.2 Å². The van der Waals surface area contributed by atoms with Crippen LogP contribution >= 0.6 is 23.4 Å². The van der Waals surface area contributed by atoms with Crippen molar-refractivity contribution >= 4 is 35.0 Å². The Morgan fingerprint density at radius 1 is 1.50 bits per heavy atom. The molecule has 1 aromatic heterocycles. The van der Waals surface area contributed by atoms with Gasteiger partial charge < -0.3 is 16.3 Å². The fraction of sp³-hybridized carbons (Fsp3) is 0.308. The molecule has 9 heteroatoms. The van der Waals surface area contributed by atoms with Gasteiger partial charge in [0.15, 0.2) is 0 Å². The minimum Gasteiger partial charge on any atom is -0.462 e. The molecule has 4 N–H and O–H groups in total. The summed E-state index contributed by atoms with van der Waals surface area (Å²) in [5.41, 5.74) is 6.64. The highest BCUT2D eigenvalue weighted by Gasteiger charge is 2.16. The van der Waals surface area contributed by atoms with Gasteiger partial charge in [0.25, 0.3) is 0 Å². The molecule has 0 aliphatic carbocycles. The van der Waals surface area contributed by atoms with Crippen molar-refractivity contribution in [2.24, 2.45) is 0 Å². The van der Waals surface area contributed by atoms with Crippen molar-refractivity contribution in [3.63, 3.8) is 0 Å². The molecule has 0 bridgehead atoms. The van der Waals surface area contributed by atoms with Crippen LogP contribution in [0.25, 0.3) is 0 Å². The highest BCUT2D eigenvalue weighted by molar-refractivity contribution is 7.99. The molecule has 1 aromatic carbocycles. The van der Waals surface area contributed by atoms with Crippen LogP contribution in [0.1, 0.15) is 30.1 Å². The molecule has 1 heterocycles. The van der Waals surface area contributed by atoms with Crippen molar-refractivity contribution in [3.8, 4) is 0 Å². The van der Waals surface area contributed by atoms with Crippen molar-refractivity contribution < 1.29 is 9.53 Å². The zero-order chi connectivity index (χ0) is 16.1. The maximum atomic E-state index is 11.9. The van der Waals surface area contributed by atoms with Crippen LogP contribution in [0.15, 0.2) is 28.5 Å². The minimum absolute atomic E-state index is 0.317. The van der Waals surface area contributed by atoms with Crippen LogP contribution in [-0.2, 0) is 4.74 Å². The summed E-state index contributed by atoms with van der Waals surface area (Å²) in [4.78, 5) is 12.5. The SMILES string of the molecule is CCCCOC(=O)c1cc(N)c(Sc2nncn2N)c(Cl)c1. The monoisotopic (exact) mass is 341 g/mol. The van der Waals surface area contributed by atoms with Crippen LogP contribution in [0.5, 0.6) is 0 Å². The van der Waals surface area contributed by atoms with Crippen LogP contribution in [0.2, 0.25) is 5.02 Å². The summed E-state index contributed by atoms with van der Waals surface area (Å²) in [7, 11) is 0. The summed E-state index contributed by atoms with van der Waals surface area (Å²) >= 11 is 7.37. The first kappa shape index (κ1) is 16.4. The van der Waals surface area contributed by atoms with Gasteiger partial charge in [-0.05, 0) is 30.3 Å². The Hall–Kier alpha value is -1.93. The van der Waals surface area contributed by atoms with E-state index in [0.29, 0.717) is 32.9 Å². The molecule has 0 fully saturated rings. The Morgan fingerprint density at radius 3 is 2.86 bits per heavy atom. The topological polar surface area (TPSA) is 109 Å². The van der Waals surface area contributed by atoms with E-state index in [1.807, 2.05) is 6.92 Å². The van der Waals surface area contributed by atoms with E-state index in [1.54, 1.807) is 0 Å². The molecule has 118 valence electrons. The van der Waals surface area contributed by atoms with Gasteiger partial charge in [0.1, 0.15) is 6.33 Å². The van der Waals surface area contributed by atoms with Crippen LogP contribution in [-0.4, -0.2) is 27.4 Å². The maximum absolute atomic E-state index is 11.9. The molecule has 2 rings (SSSR count). The van der Waals surface area contributed by atoms with Gasteiger partial charge in [0.2, 0.25) is 5.16 Å². The fourth-order valence-electron chi connectivity index (χ4n) is 1.63. The Bertz CT molecular complexity index is 653. The number of hydrogen-bond acceptors (Lipinski definition) is 7. The molecule has 0 spiro atoms. The molecular weight excluding hydrogens is 326 g/mol. The van der Waals surface area contributed by atoms with E-state index >= 15 is 0 Å². The van der Waals surface area contributed by atoms with Crippen LogP contribution in [0.4, 0.5) is 5.69 Å². The number of unbranched alkanes of at least 4 members (excludes halogenated alkanes) is 1. The van der Waals surface area contributed by atoms with Crippen molar-refractivity contribution in [3.05, 3.63) is 29.0 Å². The van der Waals surface area contributed by atoms with Gasteiger partial charge in [0.05, 0.1) is 22.1 Å². The van der Waals surface area contributed by atoms with E-state index in [1.165, 1.54) is 34.9 Å². The number of carbonyl (C=O) groups is 1. The lowest BCUT2D eigenvalue weighted by molar-refractivity contribution is 0.0499. The molecule has 2 aromatic rings. The Labute approximate surface area is 136 Å². The molecule has 0 aliphatic rings. The van der Waals surface area contributed by atoms with E-state index in [-0.39, 0.29) is 0 Å². The molecular formula is C13H16ClN5O2S. The van der Waals surface area contributed by atoms with Crippen LogP contribution in [0.3, 0.4) is 0 Å². The summed E-state index contributed by atoms with van der Waals surface area (Å²) in [6.07, 6.45) is 3.13. The van der Waals surface area contributed by atoms with E-state index in [2.05, 4.69) is 10.2 Å². The number of aromatic nitrogens is 3. The zero-order valence-corrected chi connectivity index (χ0v) is 13.5. The van der Waals surface area contributed by atoms with Crippen molar-refractivity contribution in [2.45, 2.75) is 29.8 Å². The van der Waals surface area contributed by atoms with E-state index < -0.39 is 5.97 Å². The van der Waals surface area contributed by atoms with E-state index in [4.69, 9.17) is 27.9 Å². The quantitative estimate of drug-likeness (QED) is 0.359. The van der Waals surface area contributed by atoms with Crippen LogP contribution in [0, 0.1) is 0 Å². The average Bonchev–Trinajstić information content (AvgIpc) is 2.88. The number of nitrogens with zero attached hydrogens (tertiary/aromatic N) is 3.